The quantitative estimate of drug-likeness (QED) is 0.819. The van der Waals surface area contributed by atoms with E-state index in [2.05, 4.69) is 5.32 Å². The normalized spacial score (nSPS) is 13.6. The number of carbonyl (C=O) groups is 1. The minimum Gasteiger partial charge on any atom is -0.497 e. The minimum atomic E-state index is -3.35. The molecule has 0 radical (unpaired) electrons. The molecule has 0 atom stereocenters. The number of sulfonamides is 1. The Kier molecular flexibility index (Phi) is 5.55. The first-order valence-corrected chi connectivity index (χ1v) is 10.4. The minimum absolute atomic E-state index is 0.154. The highest BCUT2D eigenvalue weighted by Crippen LogP contribution is 2.31. The highest BCUT2D eigenvalue weighted by atomic mass is 32.2. The number of fused-ring (bicyclic) bond motifs is 1. The molecule has 27 heavy (non-hydrogen) atoms. The molecule has 0 unspecified atom stereocenters. The summed E-state index contributed by atoms with van der Waals surface area (Å²) in [5, 5.41) is 2.75. The lowest BCUT2D eigenvalue weighted by atomic mass is 10.0. The zero-order valence-electron chi connectivity index (χ0n) is 15.3. The summed E-state index contributed by atoms with van der Waals surface area (Å²) in [7, 11) is -1.77. The van der Waals surface area contributed by atoms with Crippen LogP contribution in [0.15, 0.2) is 42.5 Å². The number of carbonyl (C=O) groups excluding carboxylic acids is 1. The lowest BCUT2D eigenvalue weighted by Crippen LogP contribution is -2.34. The fraction of sp³-hybridized carbons (Fsp3) is 0.316. The molecule has 1 heterocycles. The van der Waals surface area contributed by atoms with E-state index in [4.69, 9.17) is 9.47 Å². The van der Waals surface area contributed by atoms with Crippen molar-refractivity contribution in [2.45, 2.75) is 12.8 Å². The van der Waals surface area contributed by atoms with Crippen LogP contribution in [0.2, 0.25) is 0 Å². The zero-order valence-corrected chi connectivity index (χ0v) is 16.1. The standard InChI is InChI=1S/C19H22N2O5S/c1-25-16-7-9-17(10-8-16)26-13-19(22)20-15-6-5-14-4-3-11-21(18(14)12-15)27(2,23)24/h5-10,12H,3-4,11,13H2,1-2H3,(H,20,22). The highest BCUT2D eigenvalue weighted by Gasteiger charge is 2.24. The van der Waals surface area contributed by atoms with Gasteiger partial charge in [0.2, 0.25) is 10.0 Å². The molecule has 1 aliphatic heterocycles. The van der Waals surface area contributed by atoms with E-state index in [1.165, 1.54) is 10.6 Å². The third-order valence-electron chi connectivity index (χ3n) is 4.27. The smallest absolute Gasteiger partial charge is 0.262 e. The Balaban J connectivity index is 1.66. The maximum Gasteiger partial charge on any atom is 0.262 e. The van der Waals surface area contributed by atoms with Gasteiger partial charge in [0.05, 0.1) is 19.1 Å². The second-order valence-corrected chi connectivity index (χ2v) is 8.20. The van der Waals surface area contributed by atoms with Crippen molar-refractivity contribution in [1.82, 2.24) is 0 Å². The summed E-state index contributed by atoms with van der Waals surface area (Å²) in [5.74, 6) is 0.934. The predicted octanol–water partition coefficient (Wildman–Crippen LogP) is 2.42. The molecule has 0 saturated carbocycles. The van der Waals surface area contributed by atoms with Gasteiger partial charge in [0.15, 0.2) is 6.61 Å². The Morgan fingerprint density at radius 3 is 2.52 bits per heavy atom. The fourth-order valence-corrected chi connectivity index (χ4v) is 3.97. The fourth-order valence-electron chi connectivity index (χ4n) is 2.98. The number of anilines is 2. The van der Waals surface area contributed by atoms with Crippen LogP contribution in [0.4, 0.5) is 11.4 Å². The first kappa shape index (κ1) is 19.0. The van der Waals surface area contributed by atoms with Crippen LogP contribution in [-0.2, 0) is 21.2 Å². The Hall–Kier alpha value is -2.74. The molecule has 0 bridgehead atoms. The second kappa shape index (κ2) is 7.87. The molecule has 2 aromatic rings. The number of hydrogen-bond acceptors (Lipinski definition) is 5. The van der Waals surface area contributed by atoms with E-state index in [1.807, 2.05) is 6.07 Å². The van der Waals surface area contributed by atoms with Crippen molar-refractivity contribution in [3.05, 3.63) is 48.0 Å². The highest BCUT2D eigenvalue weighted by molar-refractivity contribution is 7.92. The Morgan fingerprint density at radius 1 is 1.15 bits per heavy atom. The maximum atomic E-state index is 12.2. The lowest BCUT2D eigenvalue weighted by Gasteiger charge is -2.29. The number of hydrogen-bond donors (Lipinski definition) is 1. The van der Waals surface area contributed by atoms with Crippen molar-refractivity contribution >= 4 is 27.3 Å². The van der Waals surface area contributed by atoms with E-state index in [1.54, 1.807) is 43.5 Å². The van der Waals surface area contributed by atoms with E-state index < -0.39 is 10.0 Å². The maximum absolute atomic E-state index is 12.2. The van der Waals surface area contributed by atoms with E-state index in [0.717, 1.165) is 18.4 Å². The molecule has 7 nitrogen and oxygen atoms in total. The molecule has 0 spiro atoms. The monoisotopic (exact) mass is 390 g/mol. The third-order valence-corrected chi connectivity index (χ3v) is 5.45. The lowest BCUT2D eigenvalue weighted by molar-refractivity contribution is -0.118. The number of nitrogens with zero attached hydrogens (tertiary/aromatic N) is 1. The summed E-state index contributed by atoms with van der Waals surface area (Å²) >= 11 is 0. The zero-order chi connectivity index (χ0) is 19.4. The molecule has 144 valence electrons. The average Bonchev–Trinajstić information content (AvgIpc) is 2.65. The molecule has 1 amide bonds. The molecule has 1 N–H and O–H groups in total. The molecule has 0 aromatic heterocycles. The van der Waals surface area contributed by atoms with Gasteiger partial charge in [0, 0.05) is 12.2 Å². The van der Waals surface area contributed by atoms with Gasteiger partial charge < -0.3 is 14.8 Å². The van der Waals surface area contributed by atoms with Crippen LogP contribution in [-0.4, -0.2) is 40.8 Å². The first-order chi connectivity index (χ1) is 12.9. The number of methoxy groups -OCH3 is 1. The van der Waals surface area contributed by atoms with Crippen molar-refractivity contribution in [2.24, 2.45) is 0 Å². The van der Waals surface area contributed by atoms with Crippen molar-refractivity contribution in [3.8, 4) is 11.5 Å². The molecule has 0 saturated heterocycles. The van der Waals surface area contributed by atoms with Crippen LogP contribution in [0.1, 0.15) is 12.0 Å². The van der Waals surface area contributed by atoms with Gasteiger partial charge in [0.1, 0.15) is 11.5 Å². The number of amides is 1. The molecule has 8 heteroatoms. The Bertz CT molecular complexity index is 926. The van der Waals surface area contributed by atoms with E-state index in [9.17, 15) is 13.2 Å². The van der Waals surface area contributed by atoms with Crippen LogP contribution < -0.4 is 19.1 Å². The van der Waals surface area contributed by atoms with Gasteiger partial charge in [-0.25, -0.2) is 8.42 Å². The number of rotatable bonds is 6. The van der Waals surface area contributed by atoms with Gasteiger partial charge in [-0.2, -0.15) is 0 Å². The molecule has 0 fully saturated rings. The predicted molar refractivity (Wildman–Crippen MR) is 104 cm³/mol. The second-order valence-electron chi connectivity index (χ2n) is 6.29. The van der Waals surface area contributed by atoms with Crippen LogP contribution in [0.5, 0.6) is 11.5 Å². The largest absolute Gasteiger partial charge is 0.497 e. The summed E-state index contributed by atoms with van der Waals surface area (Å²) in [6, 6.07) is 12.3. The molecule has 1 aliphatic rings. The summed E-state index contributed by atoms with van der Waals surface area (Å²) < 4.78 is 35.9. The van der Waals surface area contributed by atoms with Crippen molar-refractivity contribution in [3.63, 3.8) is 0 Å². The Morgan fingerprint density at radius 2 is 1.85 bits per heavy atom. The third kappa shape index (κ3) is 4.71. The van der Waals surface area contributed by atoms with Crippen LogP contribution >= 0.6 is 0 Å². The number of ether oxygens (including phenoxy) is 2. The number of nitrogens with one attached hydrogen (secondary N) is 1. The van der Waals surface area contributed by atoms with Crippen molar-refractivity contribution in [2.75, 3.05) is 36.1 Å². The summed E-state index contributed by atoms with van der Waals surface area (Å²) in [6.45, 7) is 0.295. The van der Waals surface area contributed by atoms with E-state index in [0.29, 0.717) is 29.4 Å². The van der Waals surface area contributed by atoms with Crippen LogP contribution in [0.25, 0.3) is 0 Å². The van der Waals surface area contributed by atoms with Crippen molar-refractivity contribution < 1.29 is 22.7 Å². The van der Waals surface area contributed by atoms with Crippen LogP contribution in [0.3, 0.4) is 0 Å². The Labute approximate surface area is 158 Å². The molecule has 2 aromatic carbocycles. The molecular weight excluding hydrogens is 368 g/mol. The summed E-state index contributed by atoms with van der Waals surface area (Å²) in [5.41, 5.74) is 2.12. The number of benzene rings is 2. The van der Waals surface area contributed by atoms with Crippen LogP contribution in [0, 0.1) is 0 Å². The topological polar surface area (TPSA) is 84.9 Å². The van der Waals surface area contributed by atoms with Gasteiger partial charge in [-0.05, 0) is 54.8 Å². The first-order valence-electron chi connectivity index (χ1n) is 8.54. The molecule has 3 rings (SSSR count). The van der Waals surface area contributed by atoms with Gasteiger partial charge in [0.25, 0.3) is 5.91 Å². The van der Waals surface area contributed by atoms with Crippen molar-refractivity contribution in [1.29, 1.82) is 0 Å². The SMILES string of the molecule is COc1ccc(OCC(=O)Nc2ccc3c(c2)N(S(C)(=O)=O)CCC3)cc1. The van der Waals surface area contributed by atoms with E-state index in [-0.39, 0.29) is 12.5 Å². The summed E-state index contributed by atoms with van der Waals surface area (Å²) in [6.07, 6.45) is 2.79. The van der Waals surface area contributed by atoms with Gasteiger partial charge in [-0.15, -0.1) is 0 Å². The van der Waals surface area contributed by atoms with E-state index >= 15 is 0 Å². The molecular formula is C19H22N2O5S. The summed E-state index contributed by atoms with van der Waals surface area (Å²) in [4.78, 5) is 12.2. The number of aryl methyl sites for hydroxylation is 1. The van der Waals surface area contributed by atoms with Gasteiger partial charge in [-0.1, -0.05) is 6.07 Å². The van der Waals surface area contributed by atoms with Gasteiger partial charge in [-0.3, -0.25) is 9.10 Å². The average molecular weight is 390 g/mol. The van der Waals surface area contributed by atoms with Gasteiger partial charge >= 0.3 is 0 Å². The molecule has 0 aliphatic carbocycles.